The van der Waals surface area contributed by atoms with Gasteiger partial charge >= 0.3 is 0 Å². The molecule has 1 aliphatic rings. The van der Waals surface area contributed by atoms with E-state index in [1.54, 1.807) is 0 Å². The van der Waals surface area contributed by atoms with Crippen LogP contribution in [0, 0.1) is 20.8 Å². The second-order valence-corrected chi connectivity index (χ2v) is 13.4. The normalized spacial score (nSPS) is 13.7. The average Bonchev–Trinajstić information content (AvgIpc) is 3.68. The number of thioether (sulfide) groups is 1. The maximum atomic E-state index is 13.0. The molecule has 2 N–H and O–H groups in total. The van der Waals surface area contributed by atoms with Crippen LogP contribution in [0.15, 0.2) is 76.8 Å². The van der Waals surface area contributed by atoms with Crippen molar-refractivity contribution < 1.29 is 18.0 Å². The number of amides is 2. The first-order chi connectivity index (χ1) is 20.6. The lowest BCUT2D eigenvalue weighted by atomic mass is 10.1. The van der Waals surface area contributed by atoms with Crippen molar-refractivity contribution in [1.82, 2.24) is 24.4 Å². The number of aromatic nitrogens is 3. The lowest BCUT2D eigenvalue weighted by Crippen LogP contribution is -2.28. The minimum absolute atomic E-state index is 0.0725. The van der Waals surface area contributed by atoms with Crippen molar-refractivity contribution in [2.45, 2.75) is 50.2 Å². The predicted molar refractivity (Wildman–Crippen MR) is 167 cm³/mol. The summed E-state index contributed by atoms with van der Waals surface area (Å²) in [5.41, 5.74) is 5.07. The van der Waals surface area contributed by atoms with Crippen LogP contribution in [0.5, 0.6) is 0 Å². The SMILES string of the molecule is Cc1cccc(NC(=O)CSc2nnc(CNC(=O)c3ccc(S(=O)(=O)N4CCCC4)cc3)n2-c2cccc(C)c2C)c1. The molecular weight excluding hydrogens is 585 g/mol. The van der Waals surface area contributed by atoms with Gasteiger partial charge in [-0.3, -0.25) is 14.2 Å². The Labute approximate surface area is 256 Å². The van der Waals surface area contributed by atoms with Gasteiger partial charge in [-0.15, -0.1) is 10.2 Å². The van der Waals surface area contributed by atoms with E-state index < -0.39 is 10.0 Å². The van der Waals surface area contributed by atoms with Crippen molar-refractivity contribution in [1.29, 1.82) is 0 Å². The molecule has 10 nitrogen and oxygen atoms in total. The molecule has 5 rings (SSSR count). The monoisotopic (exact) mass is 618 g/mol. The standard InChI is InChI=1S/C31H34N6O4S2/c1-21-8-6-10-25(18-21)33-29(38)20-42-31-35-34-28(37(31)27-11-7-9-22(2)23(27)3)19-32-30(39)24-12-14-26(15-13-24)43(40,41)36-16-4-5-17-36/h6-15,18H,4-5,16-17,19-20H2,1-3H3,(H,32,39)(H,33,38). The highest BCUT2D eigenvalue weighted by molar-refractivity contribution is 7.99. The third-order valence-corrected chi connectivity index (χ3v) is 10.2. The number of sulfonamides is 1. The van der Waals surface area contributed by atoms with Gasteiger partial charge in [-0.1, -0.05) is 36.0 Å². The van der Waals surface area contributed by atoms with E-state index in [9.17, 15) is 18.0 Å². The highest BCUT2D eigenvalue weighted by Crippen LogP contribution is 2.26. The topological polar surface area (TPSA) is 126 Å². The van der Waals surface area contributed by atoms with Gasteiger partial charge in [0.1, 0.15) is 0 Å². The number of nitrogens with one attached hydrogen (secondary N) is 2. The molecule has 1 saturated heterocycles. The summed E-state index contributed by atoms with van der Waals surface area (Å²) in [5, 5.41) is 15.0. The minimum Gasteiger partial charge on any atom is -0.345 e. The van der Waals surface area contributed by atoms with Crippen LogP contribution in [0.25, 0.3) is 5.69 Å². The molecule has 1 aromatic heterocycles. The second-order valence-electron chi connectivity index (χ2n) is 10.5. The highest BCUT2D eigenvalue weighted by atomic mass is 32.2. The van der Waals surface area contributed by atoms with Gasteiger partial charge in [0.15, 0.2) is 11.0 Å². The van der Waals surface area contributed by atoms with E-state index >= 15 is 0 Å². The number of hydrogen-bond donors (Lipinski definition) is 2. The van der Waals surface area contributed by atoms with Gasteiger partial charge in [0.05, 0.1) is 22.9 Å². The fourth-order valence-electron chi connectivity index (χ4n) is 4.90. The quantitative estimate of drug-likeness (QED) is 0.248. The molecule has 0 atom stereocenters. The number of benzene rings is 3. The molecule has 0 radical (unpaired) electrons. The number of nitrogens with zero attached hydrogens (tertiary/aromatic N) is 4. The molecular formula is C31H34N6O4S2. The zero-order chi connectivity index (χ0) is 30.6. The van der Waals surface area contributed by atoms with Crippen molar-refractivity contribution in [3.05, 3.63) is 94.8 Å². The predicted octanol–water partition coefficient (Wildman–Crippen LogP) is 4.64. The fraction of sp³-hybridized carbons (Fsp3) is 0.290. The number of carbonyl (C=O) groups excluding carboxylic acids is 2. The molecule has 2 heterocycles. The number of aryl methyl sites for hydroxylation is 2. The van der Waals surface area contributed by atoms with Crippen molar-refractivity contribution in [2.24, 2.45) is 0 Å². The minimum atomic E-state index is -3.56. The molecule has 0 aliphatic carbocycles. The van der Waals surface area contributed by atoms with Crippen LogP contribution < -0.4 is 10.6 Å². The maximum Gasteiger partial charge on any atom is 0.251 e. The van der Waals surface area contributed by atoms with Crippen molar-refractivity contribution >= 4 is 39.3 Å². The first-order valence-electron chi connectivity index (χ1n) is 14.0. The zero-order valence-corrected chi connectivity index (χ0v) is 26.0. The van der Waals surface area contributed by atoms with E-state index in [-0.39, 0.29) is 29.0 Å². The second kappa shape index (κ2) is 13.1. The van der Waals surface area contributed by atoms with Gasteiger partial charge in [-0.25, -0.2) is 8.42 Å². The van der Waals surface area contributed by atoms with E-state index in [0.717, 1.165) is 40.9 Å². The van der Waals surface area contributed by atoms with Crippen LogP contribution in [-0.4, -0.2) is 58.1 Å². The summed E-state index contributed by atoms with van der Waals surface area (Å²) in [6.45, 7) is 7.09. The number of hydrogen-bond acceptors (Lipinski definition) is 7. The van der Waals surface area contributed by atoms with E-state index in [0.29, 0.717) is 29.6 Å². The average molecular weight is 619 g/mol. The first-order valence-corrected chi connectivity index (χ1v) is 16.4. The molecule has 1 fully saturated rings. The van der Waals surface area contributed by atoms with Crippen molar-refractivity contribution in [2.75, 3.05) is 24.2 Å². The Balaban J connectivity index is 1.31. The van der Waals surface area contributed by atoms with Gasteiger partial charge in [0.25, 0.3) is 5.91 Å². The molecule has 12 heteroatoms. The maximum absolute atomic E-state index is 13.0. The Hall–Kier alpha value is -4.00. The molecule has 0 unspecified atom stereocenters. The Morgan fingerprint density at radius 1 is 0.930 bits per heavy atom. The third-order valence-electron chi connectivity index (χ3n) is 7.38. The van der Waals surface area contributed by atoms with Gasteiger partial charge < -0.3 is 10.6 Å². The van der Waals surface area contributed by atoms with Gasteiger partial charge in [0.2, 0.25) is 15.9 Å². The van der Waals surface area contributed by atoms with Gasteiger partial charge in [-0.2, -0.15) is 4.31 Å². The highest BCUT2D eigenvalue weighted by Gasteiger charge is 2.27. The summed E-state index contributed by atoms with van der Waals surface area (Å²) >= 11 is 1.26. The number of anilines is 1. The summed E-state index contributed by atoms with van der Waals surface area (Å²) in [4.78, 5) is 25.9. The van der Waals surface area contributed by atoms with Crippen molar-refractivity contribution in [3.63, 3.8) is 0 Å². The Morgan fingerprint density at radius 3 is 2.37 bits per heavy atom. The molecule has 0 spiro atoms. The fourth-order valence-corrected chi connectivity index (χ4v) is 7.18. The molecule has 224 valence electrons. The zero-order valence-electron chi connectivity index (χ0n) is 24.3. The molecule has 1 aliphatic heterocycles. The molecule has 2 amide bonds. The van der Waals surface area contributed by atoms with Crippen LogP contribution in [0.3, 0.4) is 0 Å². The van der Waals surface area contributed by atoms with Crippen LogP contribution >= 0.6 is 11.8 Å². The number of carbonyl (C=O) groups is 2. The molecule has 0 saturated carbocycles. The van der Waals surface area contributed by atoms with E-state index in [1.807, 2.05) is 67.8 Å². The van der Waals surface area contributed by atoms with E-state index in [1.165, 1.54) is 40.3 Å². The smallest absolute Gasteiger partial charge is 0.251 e. The van der Waals surface area contributed by atoms with Crippen LogP contribution in [0.4, 0.5) is 5.69 Å². The summed E-state index contributed by atoms with van der Waals surface area (Å²) < 4.78 is 29.0. The Kier molecular flexibility index (Phi) is 9.28. The summed E-state index contributed by atoms with van der Waals surface area (Å²) in [7, 11) is -3.56. The molecule has 43 heavy (non-hydrogen) atoms. The first kappa shape index (κ1) is 30.5. The molecule has 3 aromatic carbocycles. The van der Waals surface area contributed by atoms with Crippen molar-refractivity contribution in [3.8, 4) is 5.69 Å². The summed E-state index contributed by atoms with van der Waals surface area (Å²) in [6.07, 6.45) is 1.71. The summed E-state index contributed by atoms with van der Waals surface area (Å²) in [5.74, 6) is 0.0797. The van der Waals surface area contributed by atoms with Crippen LogP contribution in [-0.2, 0) is 21.4 Å². The van der Waals surface area contributed by atoms with Gasteiger partial charge in [-0.05, 0) is 92.8 Å². The third kappa shape index (κ3) is 6.98. The summed E-state index contributed by atoms with van der Waals surface area (Å²) in [6, 6.07) is 19.5. The van der Waals surface area contributed by atoms with E-state index in [2.05, 4.69) is 20.8 Å². The molecule has 4 aromatic rings. The molecule has 0 bridgehead atoms. The lowest BCUT2D eigenvalue weighted by molar-refractivity contribution is -0.113. The number of rotatable bonds is 10. The van der Waals surface area contributed by atoms with Crippen LogP contribution in [0.1, 0.15) is 45.7 Å². The Morgan fingerprint density at radius 2 is 1.65 bits per heavy atom. The van der Waals surface area contributed by atoms with Crippen LogP contribution in [0.2, 0.25) is 0 Å². The largest absolute Gasteiger partial charge is 0.345 e. The van der Waals surface area contributed by atoms with Gasteiger partial charge in [0, 0.05) is 24.3 Å². The lowest BCUT2D eigenvalue weighted by Gasteiger charge is -2.16. The van der Waals surface area contributed by atoms with E-state index in [4.69, 9.17) is 0 Å². The Bertz CT molecular complexity index is 1750.